The van der Waals surface area contributed by atoms with Crippen LogP contribution in [-0.4, -0.2) is 94.6 Å². The molecule has 20 heteroatoms. The highest BCUT2D eigenvalue weighted by Crippen LogP contribution is 2.50. The van der Waals surface area contributed by atoms with Gasteiger partial charge in [-0.3, -0.25) is 19.1 Å². The van der Waals surface area contributed by atoms with E-state index in [1.807, 2.05) is 17.7 Å². The van der Waals surface area contributed by atoms with Crippen LogP contribution in [0.5, 0.6) is 5.88 Å². The summed E-state index contributed by atoms with van der Waals surface area (Å²) in [6.07, 6.45) is -4.92. The Morgan fingerprint density at radius 3 is 2.41 bits per heavy atom. The summed E-state index contributed by atoms with van der Waals surface area (Å²) in [6.45, 7) is 7.91. The number of carbonyl (C=O) groups excluding carboxylic acids is 4. The number of alkyl halides is 4. The molecular formula is C41H51F4N7O8S. The van der Waals surface area contributed by atoms with E-state index in [2.05, 4.69) is 20.6 Å². The number of benzene rings is 1. The molecular weight excluding hydrogens is 827 g/mol. The van der Waals surface area contributed by atoms with Crippen molar-refractivity contribution in [1.82, 2.24) is 30.2 Å². The van der Waals surface area contributed by atoms with E-state index in [0.29, 0.717) is 25.7 Å². The Balaban J connectivity index is 1.27. The van der Waals surface area contributed by atoms with Crippen LogP contribution in [0.1, 0.15) is 110 Å². The van der Waals surface area contributed by atoms with Crippen molar-refractivity contribution in [1.29, 1.82) is 5.26 Å². The first-order valence-corrected chi connectivity index (χ1v) is 22.2. The van der Waals surface area contributed by atoms with Gasteiger partial charge in [-0.05, 0) is 87.3 Å². The number of halogens is 4. The van der Waals surface area contributed by atoms with Gasteiger partial charge in [0.25, 0.3) is 11.8 Å². The normalized spacial score (nSPS) is 31.3. The second kappa shape index (κ2) is 15.8. The largest absolute Gasteiger partial charge is 0.471 e. The number of hydrogen-bond acceptors (Lipinski definition) is 11. The third-order valence-corrected chi connectivity index (χ3v) is 15.1. The molecule has 1 saturated heterocycles. The van der Waals surface area contributed by atoms with Crippen LogP contribution in [0.4, 0.5) is 22.4 Å². The number of nitriles is 1. The average Bonchev–Trinajstić information content (AvgIpc) is 4.03. The van der Waals surface area contributed by atoms with E-state index in [1.54, 1.807) is 20.8 Å². The predicted octanol–water partition coefficient (Wildman–Crippen LogP) is 5.21. The van der Waals surface area contributed by atoms with Crippen molar-refractivity contribution in [2.24, 2.45) is 23.2 Å². The highest BCUT2D eigenvalue weighted by molar-refractivity contribution is 7.91. The number of alkyl carbamates (subject to hydrolysis) is 1. The van der Waals surface area contributed by atoms with Crippen molar-refractivity contribution in [3.63, 3.8) is 0 Å². The molecule has 8 atom stereocenters. The first-order valence-electron chi connectivity index (χ1n) is 20.7. The van der Waals surface area contributed by atoms with E-state index in [-0.39, 0.29) is 47.7 Å². The van der Waals surface area contributed by atoms with E-state index in [0.717, 1.165) is 4.90 Å². The molecule has 1 aromatic heterocycles. The fraction of sp³-hybridized carbons (Fsp3) is 0.683. The molecule has 15 nitrogen and oxygen atoms in total. The lowest BCUT2D eigenvalue weighted by molar-refractivity contribution is -0.143. The van der Waals surface area contributed by atoms with E-state index in [9.17, 15) is 41.6 Å². The predicted molar refractivity (Wildman–Crippen MR) is 209 cm³/mol. The van der Waals surface area contributed by atoms with Gasteiger partial charge in [0, 0.05) is 12.8 Å². The average molecular weight is 878 g/mol. The van der Waals surface area contributed by atoms with Gasteiger partial charge in [-0.15, -0.1) is 0 Å². The maximum Gasteiger partial charge on any atom is 0.408 e. The third-order valence-electron chi connectivity index (χ3n) is 12.9. The quantitative estimate of drug-likeness (QED) is 0.321. The van der Waals surface area contributed by atoms with Crippen molar-refractivity contribution in [2.45, 2.75) is 146 Å². The summed E-state index contributed by atoms with van der Waals surface area (Å²) in [5.74, 6) is -9.24. The van der Waals surface area contributed by atoms with Crippen LogP contribution in [0.15, 0.2) is 18.2 Å². The molecule has 4 amide bonds. The SMILES string of the molecule is C[C@@H]1C[C@H]2CCCCC(F)(F)c3nc4ccc(C#N)cc4nc3O[C@@H]3C[C@@H](C(=O)N[C@]4(C(=O)NS(=O)(=O)C5(C)CC5)C[C@H]4C(F)F)N(C3)C(=O)[C@H](C(C)(C)C)NC(=O)O[C@@H]2C1. The number of hydrogen-bond donors (Lipinski definition) is 3. The van der Waals surface area contributed by atoms with Gasteiger partial charge in [-0.2, -0.15) is 14.0 Å². The number of amides is 4. The molecule has 4 fully saturated rings. The molecule has 2 aliphatic heterocycles. The summed E-state index contributed by atoms with van der Waals surface area (Å²) >= 11 is 0. The number of fused-ring (bicyclic) bond motifs is 5. The number of ether oxygens (including phenoxy) is 2. The van der Waals surface area contributed by atoms with Crippen LogP contribution in [0.3, 0.4) is 0 Å². The molecule has 3 saturated carbocycles. The van der Waals surface area contributed by atoms with Gasteiger partial charge >= 0.3 is 6.09 Å². The Morgan fingerprint density at radius 1 is 1.05 bits per heavy atom. The second-order valence-electron chi connectivity index (χ2n) is 18.8. The van der Waals surface area contributed by atoms with Gasteiger partial charge in [0.05, 0.1) is 39.9 Å². The summed E-state index contributed by atoms with van der Waals surface area (Å²) in [4.78, 5) is 65.9. The lowest BCUT2D eigenvalue weighted by atomic mass is 9.85. The molecule has 61 heavy (non-hydrogen) atoms. The molecule has 0 spiro atoms. The van der Waals surface area contributed by atoms with Crippen molar-refractivity contribution < 1.29 is 54.6 Å². The van der Waals surface area contributed by atoms with Gasteiger partial charge in [0.1, 0.15) is 29.8 Å². The maximum absolute atomic E-state index is 16.4. The molecule has 0 unspecified atom stereocenters. The Bertz CT molecular complexity index is 2270. The number of sulfonamides is 1. The van der Waals surface area contributed by atoms with Gasteiger partial charge in [-0.25, -0.2) is 32.0 Å². The molecule has 3 aliphatic carbocycles. The van der Waals surface area contributed by atoms with Gasteiger partial charge in [0.15, 0.2) is 5.69 Å². The van der Waals surface area contributed by atoms with Crippen LogP contribution in [0.2, 0.25) is 0 Å². The molecule has 5 aliphatic rings. The monoisotopic (exact) mass is 877 g/mol. The number of carbonyl (C=O) groups is 4. The number of nitrogens with one attached hydrogen (secondary N) is 3. The minimum atomic E-state index is -4.32. The van der Waals surface area contributed by atoms with Crippen molar-refractivity contribution in [2.75, 3.05) is 6.54 Å². The van der Waals surface area contributed by atoms with Crippen LogP contribution >= 0.6 is 0 Å². The number of rotatable bonds is 6. The van der Waals surface area contributed by atoms with Crippen molar-refractivity contribution >= 4 is 44.9 Å². The van der Waals surface area contributed by atoms with E-state index in [1.165, 1.54) is 25.1 Å². The zero-order valence-electron chi connectivity index (χ0n) is 34.6. The first-order chi connectivity index (χ1) is 28.5. The zero-order valence-corrected chi connectivity index (χ0v) is 35.4. The molecule has 1 aromatic carbocycles. The first kappa shape index (κ1) is 44.3. The second-order valence-corrected chi connectivity index (χ2v) is 21.0. The highest BCUT2D eigenvalue weighted by atomic mass is 32.2. The van der Waals surface area contributed by atoms with Crippen LogP contribution < -0.4 is 20.1 Å². The molecule has 332 valence electrons. The van der Waals surface area contributed by atoms with Crippen molar-refractivity contribution in [3.05, 3.63) is 29.5 Å². The summed E-state index contributed by atoms with van der Waals surface area (Å²) < 4.78 is 99.9. The number of nitrogens with zero attached hydrogens (tertiary/aromatic N) is 4. The van der Waals surface area contributed by atoms with E-state index < -0.39 is 129 Å². The van der Waals surface area contributed by atoms with Crippen LogP contribution in [-0.2, 0) is 35.1 Å². The molecule has 0 radical (unpaired) electrons. The summed E-state index contributed by atoms with van der Waals surface area (Å²) in [7, 11) is -4.32. The summed E-state index contributed by atoms with van der Waals surface area (Å²) in [5, 5.41) is 14.5. The maximum atomic E-state index is 16.4. The molecule has 2 bridgehead atoms. The Kier molecular flexibility index (Phi) is 11.5. The molecule has 2 aromatic rings. The topological polar surface area (TPSA) is 210 Å². The smallest absolute Gasteiger partial charge is 0.408 e. The van der Waals surface area contributed by atoms with E-state index >= 15 is 8.78 Å². The lowest BCUT2D eigenvalue weighted by Gasteiger charge is -2.35. The third kappa shape index (κ3) is 8.81. The van der Waals surface area contributed by atoms with Gasteiger partial charge in [0.2, 0.25) is 34.1 Å². The Hall–Kier alpha value is -4.80. The number of aromatic nitrogens is 2. The van der Waals surface area contributed by atoms with Crippen LogP contribution in [0.25, 0.3) is 11.0 Å². The molecule has 7 rings (SSSR count). The Morgan fingerprint density at radius 2 is 1.77 bits per heavy atom. The van der Waals surface area contributed by atoms with Gasteiger partial charge in [-0.1, -0.05) is 34.1 Å². The fourth-order valence-electron chi connectivity index (χ4n) is 8.88. The van der Waals surface area contributed by atoms with Crippen LogP contribution in [0, 0.1) is 34.5 Å². The summed E-state index contributed by atoms with van der Waals surface area (Å²) in [5.41, 5.74) is -3.90. The van der Waals surface area contributed by atoms with Crippen molar-refractivity contribution in [3.8, 4) is 11.9 Å². The molecule has 3 heterocycles. The Labute approximate surface area is 351 Å². The highest BCUT2D eigenvalue weighted by Gasteiger charge is 2.67. The molecule has 3 N–H and O–H groups in total. The minimum absolute atomic E-state index is 0.0580. The lowest BCUT2D eigenvalue weighted by Crippen LogP contribution is -2.60. The standard InChI is InChI=1S/C41H51F4N7O8S/c1-21-14-23-8-6-7-11-41(44,45)30-34(48-27-16-22(19-46)9-10-26(27)47-30)59-24-17-28(52(20-24)35(54)31(38(2,3)4)49-37(56)60-29(23)15-21)33(53)50-40(18-25(40)32(42)43)36(55)51-61(57,58)39(5)12-13-39/h9-10,16,21,23-25,28-29,31-32H,6-8,11-15,17-18,20H2,1-5H3,(H,49,56)(H,50,53)(H,51,55)/t21-,23-,24-,25+,28+,29-,31-,40-/m1/s1. The minimum Gasteiger partial charge on any atom is -0.471 e. The fourth-order valence-corrected chi connectivity index (χ4v) is 10.2. The zero-order chi connectivity index (χ0) is 44.4. The summed E-state index contributed by atoms with van der Waals surface area (Å²) in [6, 6.07) is 3.14. The van der Waals surface area contributed by atoms with E-state index in [4.69, 9.17) is 9.47 Å². The van der Waals surface area contributed by atoms with Gasteiger partial charge < -0.3 is 25.0 Å².